The lowest BCUT2D eigenvalue weighted by Gasteiger charge is -2.36. The largest absolute Gasteiger partial charge is 0.361 e. The molecule has 1 atom stereocenters. The molecule has 0 N–H and O–H groups in total. The molecule has 4 heterocycles. The van der Waals surface area contributed by atoms with Gasteiger partial charge in [-0.3, -0.25) is 4.79 Å². The van der Waals surface area contributed by atoms with E-state index in [0.717, 1.165) is 42.8 Å². The van der Waals surface area contributed by atoms with Crippen LogP contribution in [0.25, 0.3) is 5.52 Å². The van der Waals surface area contributed by atoms with Crippen LogP contribution in [0, 0.1) is 6.92 Å². The highest BCUT2D eigenvalue weighted by Crippen LogP contribution is 2.33. The summed E-state index contributed by atoms with van der Waals surface area (Å²) in [7, 11) is 3.99. The number of carbonyl (C=O) groups excluding carboxylic acids is 1. The van der Waals surface area contributed by atoms with Gasteiger partial charge in [0.05, 0.1) is 28.5 Å². The Morgan fingerprint density at radius 2 is 2.15 bits per heavy atom. The van der Waals surface area contributed by atoms with E-state index in [-0.39, 0.29) is 11.9 Å². The Hall–Kier alpha value is -2.96. The van der Waals surface area contributed by atoms with Crippen LogP contribution >= 0.6 is 0 Å². The number of aromatic nitrogens is 4. The molecule has 140 valence electrons. The number of piperidine rings is 1. The van der Waals surface area contributed by atoms with E-state index in [9.17, 15) is 4.79 Å². The van der Waals surface area contributed by atoms with Crippen molar-refractivity contribution in [1.29, 1.82) is 0 Å². The number of hydrogen-bond donors (Lipinski definition) is 0. The van der Waals surface area contributed by atoms with Crippen LogP contribution in [0.3, 0.4) is 0 Å². The maximum absolute atomic E-state index is 13.2. The van der Waals surface area contributed by atoms with E-state index < -0.39 is 0 Å². The molecule has 1 fully saturated rings. The minimum Gasteiger partial charge on any atom is -0.361 e. The Labute approximate surface area is 158 Å². The molecule has 0 spiro atoms. The van der Waals surface area contributed by atoms with Gasteiger partial charge in [-0.1, -0.05) is 0 Å². The van der Waals surface area contributed by atoms with Gasteiger partial charge in [0.15, 0.2) is 5.82 Å². The van der Waals surface area contributed by atoms with Crippen molar-refractivity contribution < 1.29 is 4.79 Å². The van der Waals surface area contributed by atoms with Crippen LogP contribution < -0.4 is 4.90 Å². The van der Waals surface area contributed by atoms with Crippen molar-refractivity contribution in [3.8, 4) is 0 Å². The third kappa shape index (κ3) is 3.13. The van der Waals surface area contributed by atoms with Crippen LogP contribution in [-0.4, -0.2) is 50.8 Å². The van der Waals surface area contributed by atoms with E-state index >= 15 is 0 Å². The zero-order valence-electron chi connectivity index (χ0n) is 16.0. The van der Waals surface area contributed by atoms with Crippen molar-refractivity contribution in [1.82, 2.24) is 24.3 Å². The van der Waals surface area contributed by atoms with Crippen molar-refractivity contribution in [2.45, 2.75) is 32.2 Å². The lowest BCUT2D eigenvalue weighted by atomic mass is 9.98. The second-order valence-electron chi connectivity index (χ2n) is 7.22. The normalized spacial score (nSPS) is 17.3. The first kappa shape index (κ1) is 17.5. The van der Waals surface area contributed by atoms with E-state index in [2.05, 4.69) is 20.4 Å². The molecule has 3 aromatic heterocycles. The number of rotatable bonds is 3. The number of aryl methyl sites for hydroxylation is 1. The zero-order chi connectivity index (χ0) is 19.0. The first-order valence-electron chi connectivity index (χ1n) is 9.29. The van der Waals surface area contributed by atoms with E-state index in [0.29, 0.717) is 11.3 Å². The molecule has 0 saturated carbocycles. The Morgan fingerprint density at radius 1 is 1.30 bits per heavy atom. The third-order valence-electron chi connectivity index (χ3n) is 5.18. The number of anilines is 1. The summed E-state index contributed by atoms with van der Waals surface area (Å²) in [6.07, 6.45) is 10.2. The highest BCUT2D eigenvalue weighted by atomic mass is 16.2. The van der Waals surface area contributed by atoms with Gasteiger partial charge in [-0.05, 0) is 38.3 Å². The molecule has 0 bridgehead atoms. The van der Waals surface area contributed by atoms with Crippen molar-refractivity contribution in [2.75, 3.05) is 25.5 Å². The number of amides is 1. The van der Waals surface area contributed by atoms with E-state index in [1.807, 2.05) is 49.3 Å². The number of fused-ring (bicyclic) bond motifs is 1. The quantitative estimate of drug-likeness (QED) is 0.715. The Balaban J connectivity index is 1.76. The van der Waals surface area contributed by atoms with Gasteiger partial charge in [0, 0.05) is 39.2 Å². The third-order valence-corrected chi connectivity index (χ3v) is 5.18. The first-order valence-corrected chi connectivity index (χ1v) is 9.29. The molecule has 1 saturated heterocycles. The smallest absolute Gasteiger partial charge is 0.257 e. The van der Waals surface area contributed by atoms with Gasteiger partial charge >= 0.3 is 0 Å². The average molecular weight is 364 g/mol. The molecular formula is C20H24N6O. The zero-order valence-corrected chi connectivity index (χ0v) is 16.0. The molecule has 3 aromatic rings. The predicted molar refractivity (Wildman–Crippen MR) is 104 cm³/mol. The summed E-state index contributed by atoms with van der Waals surface area (Å²) in [5.41, 5.74) is 3.26. The summed E-state index contributed by atoms with van der Waals surface area (Å²) in [5.74, 6) is 0.897. The van der Waals surface area contributed by atoms with E-state index in [4.69, 9.17) is 4.98 Å². The standard InChI is InChI=1S/C20H24N6O/c1-14-15(11-21-13-22-14)20(27)26-10-5-4-7-17(26)16-12-25-9-6-8-18(25)19(23-16)24(2)3/h6,8-9,11-13,17H,4-5,7,10H2,1-3H3/t17-/m0/s1. The second-order valence-corrected chi connectivity index (χ2v) is 7.22. The maximum atomic E-state index is 13.2. The summed E-state index contributed by atoms with van der Waals surface area (Å²) in [6.45, 7) is 2.57. The minimum absolute atomic E-state index is 0.0152. The van der Waals surface area contributed by atoms with Gasteiger partial charge in [0.1, 0.15) is 6.33 Å². The molecule has 0 unspecified atom stereocenters. The maximum Gasteiger partial charge on any atom is 0.257 e. The predicted octanol–water partition coefficient (Wildman–Crippen LogP) is 2.87. The lowest BCUT2D eigenvalue weighted by Crippen LogP contribution is -2.39. The van der Waals surface area contributed by atoms with E-state index in [1.165, 1.54) is 6.33 Å². The van der Waals surface area contributed by atoms with Gasteiger partial charge in [0.25, 0.3) is 5.91 Å². The minimum atomic E-state index is -0.0450. The molecule has 27 heavy (non-hydrogen) atoms. The monoisotopic (exact) mass is 364 g/mol. The summed E-state index contributed by atoms with van der Waals surface area (Å²) in [5, 5.41) is 0. The summed E-state index contributed by atoms with van der Waals surface area (Å²) >= 11 is 0. The lowest BCUT2D eigenvalue weighted by molar-refractivity contribution is 0.0604. The molecule has 1 aliphatic rings. The van der Waals surface area contributed by atoms with Crippen LogP contribution in [0.4, 0.5) is 5.82 Å². The van der Waals surface area contributed by atoms with Crippen LogP contribution in [0.2, 0.25) is 0 Å². The number of carbonyl (C=O) groups is 1. The first-order chi connectivity index (χ1) is 13.1. The SMILES string of the molecule is Cc1ncncc1C(=O)N1CCCC[C@H]1c1cn2cccc2c(N(C)C)n1. The molecule has 7 nitrogen and oxygen atoms in total. The fourth-order valence-electron chi connectivity index (χ4n) is 3.77. The summed E-state index contributed by atoms with van der Waals surface area (Å²) in [4.78, 5) is 30.3. The Bertz CT molecular complexity index is 980. The summed E-state index contributed by atoms with van der Waals surface area (Å²) in [6, 6.07) is 4.03. The molecule has 0 aliphatic carbocycles. The average Bonchev–Trinajstić information content (AvgIpc) is 3.15. The number of likely N-dealkylation sites (tertiary alicyclic amines) is 1. The molecule has 1 amide bonds. The van der Waals surface area contributed by atoms with Crippen LogP contribution in [0.15, 0.2) is 37.1 Å². The molecule has 1 aliphatic heterocycles. The molecule has 7 heteroatoms. The van der Waals surface area contributed by atoms with Gasteiger partial charge in [-0.15, -0.1) is 0 Å². The van der Waals surface area contributed by atoms with Crippen molar-refractivity contribution in [3.63, 3.8) is 0 Å². The van der Waals surface area contributed by atoms with E-state index in [1.54, 1.807) is 6.20 Å². The van der Waals surface area contributed by atoms with Crippen molar-refractivity contribution >= 4 is 17.2 Å². The Kier molecular flexibility index (Phi) is 4.51. The fraction of sp³-hybridized carbons (Fsp3) is 0.400. The summed E-state index contributed by atoms with van der Waals surface area (Å²) < 4.78 is 2.09. The van der Waals surface area contributed by atoms with Crippen LogP contribution in [0.1, 0.15) is 47.1 Å². The highest BCUT2D eigenvalue weighted by molar-refractivity contribution is 5.95. The van der Waals surface area contributed by atoms with Crippen molar-refractivity contribution in [2.24, 2.45) is 0 Å². The van der Waals surface area contributed by atoms with Crippen LogP contribution in [-0.2, 0) is 0 Å². The number of nitrogens with zero attached hydrogens (tertiary/aromatic N) is 6. The molecule has 0 radical (unpaired) electrons. The van der Waals surface area contributed by atoms with Crippen LogP contribution in [0.5, 0.6) is 0 Å². The van der Waals surface area contributed by atoms with Crippen molar-refractivity contribution in [3.05, 3.63) is 54.0 Å². The molecule has 4 rings (SSSR count). The molecular weight excluding hydrogens is 340 g/mol. The second kappa shape index (κ2) is 6.98. The topological polar surface area (TPSA) is 66.6 Å². The van der Waals surface area contributed by atoms with Gasteiger partial charge < -0.3 is 14.2 Å². The molecule has 0 aromatic carbocycles. The fourth-order valence-corrected chi connectivity index (χ4v) is 3.77. The highest BCUT2D eigenvalue weighted by Gasteiger charge is 2.31. The Morgan fingerprint density at radius 3 is 2.93 bits per heavy atom. The number of hydrogen-bond acceptors (Lipinski definition) is 5. The van der Waals surface area contributed by atoms with Gasteiger partial charge in [-0.25, -0.2) is 15.0 Å². The van der Waals surface area contributed by atoms with Gasteiger partial charge in [0.2, 0.25) is 0 Å². The van der Waals surface area contributed by atoms with Gasteiger partial charge in [-0.2, -0.15) is 0 Å².